The third-order valence-electron chi connectivity index (χ3n) is 5.33. The number of fused-ring (bicyclic) bond motifs is 3. The van der Waals surface area contributed by atoms with E-state index in [1.807, 2.05) is 50.2 Å². The van der Waals surface area contributed by atoms with Crippen molar-refractivity contribution in [2.24, 2.45) is 5.92 Å². The standard InChI is InChI=1S/C26H33N3O5/c1-16(2)14-22(23(30)34-26(3,4)5)27-24(31)28-29-25(32)33-15-21-19-12-8-6-10-17(19)18-11-7-9-13-20(18)21/h6-13,16,21-22H,14-15H2,1-5H3,(H,29,32)(H2,27,28,31)/t22-/m0/s1. The largest absolute Gasteiger partial charge is 0.458 e. The van der Waals surface area contributed by atoms with E-state index < -0.39 is 29.7 Å². The predicted molar refractivity (Wildman–Crippen MR) is 129 cm³/mol. The highest BCUT2D eigenvalue weighted by molar-refractivity contribution is 5.84. The zero-order valence-electron chi connectivity index (χ0n) is 20.3. The van der Waals surface area contributed by atoms with Gasteiger partial charge in [0.25, 0.3) is 0 Å². The van der Waals surface area contributed by atoms with Crippen LogP contribution in [0.5, 0.6) is 0 Å². The zero-order valence-corrected chi connectivity index (χ0v) is 20.3. The van der Waals surface area contributed by atoms with E-state index in [0.717, 1.165) is 22.3 Å². The number of nitrogens with one attached hydrogen (secondary N) is 3. The van der Waals surface area contributed by atoms with Gasteiger partial charge in [-0.1, -0.05) is 62.4 Å². The average Bonchev–Trinajstić information content (AvgIpc) is 3.08. The van der Waals surface area contributed by atoms with Gasteiger partial charge in [0.05, 0.1) is 0 Å². The fourth-order valence-electron chi connectivity index (χ4n) is 4.00. The van der Waals surface area contributed by atoms with E-state index in [1.54, 1.807) is 20.8 Å². The molecule has 2 aromatic rings. The molecule has 3 amide bonds. The van der Waals surface area contributed by atoms with Gasteiger partial charge in [-0.2, -0.15) is 0 Å². The SMILES string of the molecule is CC(C)C[C@H](NC(=O)NNC(=O)OCC1c2ccccc2-c2ccccc21)C(=O)OC(C)(C)C. The monoisotopic (exact) mass is 467 g/mol. The third-order valence-corrected chi connectivity index (χ3v) is 5.33. The number of hydrazine groups is 1. The van der Waals surface area contributed by atoms with E-state index in [0.29, 0.717) is 6.42 Å². The molecule has 0 radical (unpaired) electrons. The first-order valence-corrected chi connectivity index (χ1v) is 11.5. The van der Waals surface area contributed by atoms with Crippen LogP contribution < -0.4 is 16.2 Å². The lowest BCUT2D eigenvalue weighted by Gasteiger charge is -2.25. The highest BCUT2D eigenvalue weighted by Crippen LogP contribution is 2.44. The van der Waals surface area contributed by atoms with Gasteiger partial charge < -0.3 is 14.8 Å². The first-order valence-electron chi connectivity index (χ1n) is 11.5. The molecule has 34 heavy (non-hydrogen) atoms. The molecular weight excluding hydrogens is 434 g/mol. The van der Waals surface area contributed by atoms with Crippen LogP contribution in [0, 0.1) is 5.92 Å². The molecule has 0 spiro atoms. The summed E-state index contributed by atoms with van der Waals surface area (Å²) in [7, 11) is 0. The quantitative estimate of drug-likeness (QED) is 0.429. The van der Waals surface area contributed by atoms with Crippen LogP contribution in [0.2, 0.25) is 0 Å². The Hall–Kier alpha value is -3.55. The van der Waals surface area contributed by atoms with E-state index in [-0.39, 0.29) is 18.4 Å². The second-order valence-electron chi connectivity index (χ2n) is 9.76. The summed E-state index contributed by atoms with van der Waals surface area (Å²) in [5.41, 5.74) is 8.23. The highest BCUT2D eigenvalue weighted by atomic mass is 16.6. The number of benzene rings is 2. The Morgan fingerprint density at radius 3 is 2.00 bits per heavy atom. The Kier molecular flexibility index (Phi) is 7.81. The molecule has 1 atom stereocenters. The summed E-state index contributed by atoms with van der Waals surface area (Å²) in [6.07, 6.45) is -0.400. The molecule has 0 aromatic heterocycles. The molecule has 3 N–H and O–H groups in total. The maximum Gasteiger partial charge on any atom is 0.426 e. The molecule has 0 heterocycles. The molecule has 1 aliphatic rings. The molecule has 2 aromatic carbocycles. The first kappa shape index (κ1) is 25.1. The summed E-state index contributed by atoms with van der Waals surface area (Å²) in [5.74, 6) is -0.472. The van der Waals surface area contributed by atoms with Crippen molar-refractivity contribution in [2.75, 3.05) is 6.61 Å². The van der Waals surface area contributed by atoms with Crippen LogP contribution >= 0.6 is 0 Å². The highest BCUT2D eigenvalue weighted by Gasteiger charge is 2.30. The number of carbonyl (C=O) groups excluding carboxylic acids is 3. The molecule has 1 aliphatic carbocycles. The van der Waals surface area contributed by atoms with Crippen molar-refractivity contribution >= 4 is 18.1 Å². The topological polar surface area (TPSA) is 106 Å². The maximum absolute atomic E-state index is 12.4. The normalized spacial score (nSPS) is 13.5. The average molecular weight is 468 g/mol. The first-order chi connectivity index (χ1) is 16.0. The van der Waals surface area contributed by atoms with E-state index in [4.69, 9.17) is 9.47 Å². The van der Waals surface area contributed by atoms with Gasteiger partial charge in [-0.15, -0.1) is 0 Å². The van der Waals surface area contributed by atoms with Gasteiger partial charge in [0.15, 0.2) is 0 Å². The van der Waals surface area contributed by atoms with E-state index in [9.17, 15) is 14.4 Å². The van der Waals surface area contributed by atoms with Gasteiger partial charge in [0.2, 0.25) is 0 Å². The smallest absolute Gasteiger partial charge is 0.426 e. The van der Waals surface area contributed by atoms with Crippen molar-refractivity contribution in [3.63, 3.8) is 0 Å². The second-order valence-corrected chi connectivity index (χ2v) is 9.76. The molecule has 8 heteroatoms. The van der Waals surface area contributed by atoms with Crippen molar-refractivity contribution in [2.45, 2.75) is 58.6 Å². The maximum atomic E-state index is 12.4. The summed E-state index contributed by atoms with van der Waals surface area (Å²) in [6.45, 7) is 9.27. The third kappa shape index (κ3) is 6.50. The van der Waals surface area contributed by atoms with Crippen molar-refractivity contribution in [3.05, 3.63) is 59.7 Å². The van der Waals surface area contributed by atoms with Crippen molar-refractivity contribution in [1.82, 2.24) is 16.2 Å². The van der Waals surface area contributed by atoms with E-state index in [2.05, 4.69) is 28.3 Å². The van der Waals surface area contributed by atoms with Crippen LogP contribution in [-0.2, 0) is 14.3 Å². The molecule has 0 bridgehead atoms. The molecule has 182 valence electrons. The van der Waals surface area contributed by atoms with Crippen LogP contribution in [0.1, 0.15) is 58.1 Å². The Labute approximate surface area is 200 Å². The summed E-state index contributed by atoms with van der Waals surface area (Å²) in [5, 5.41) is 2.55. The number of esters is 1. The van der Waals surface area contributed by atoms with Crippen LogP contribution in [0.25, 0.3) is 11.1 Å². The molecule has 0 fully saturated rings. The van der Waals surface area contributed by atoms with Gasteiger partial charge in [-0.3, -0.25) is 0 Å². The number of urea groups is 1. The molecule has 0 unspecified atom stereocenters. The lowest BCUT2D eigenvalue weighted by Crippen LogP contribution is -2.53. The second kappa shape index (κ2) is 10.6. The van der Waals surface area contributed by atoms with E-state index in [1.165, 1.54) is 0 Å². The fraction of sp³-hybridized carbons (Fsp3) is 0.423. The van der Waals surface area contributed by atoms with Gasteiger partial charge in [-0.25, -0.2) is 25.2 Å². The van der Waals surface area contributed by atoms with Gasteiger partial charge >= 0.3 is 18.1 Å². The number of amides is 3. The Balaban J connectivity index is 1.53. The molecular formula is C26H33N3O5. The number of rotatable bonds is 6. The Morgan fingerprint density at radius 2 is 1.47 bits per heavy atom. The van der Waals surface area contributed by atoms with Gasteiger partial charge in [0.1, 0.15) is 18.2 Å². The molecule has 0 aliphatic heterocycles. The minimum Gasteiger partial charge on any atom is -0.458 e. The van der Waals surface area contributed by atoms with Crippen LogP contribution in [-0.4, -0.2) is 36.3 Å². The molecule has 0 saturated carbocycles. The summed E-state index contributed by atoms with van der Waals surface area (Å²) in [6, 6.07) is 14.5. The van der Waals surface area contributed by atoms with Gasteiger partial charge in [0, 0.05) is 5.92 Å². The molecule has 0 saturated heterocycles. The summed E-state index contributed by atoms with van der Waals surface area (Å²) in [4.78, 5) is 37.0. The van der Waals surface area contributed by atoms with Crippen LogP contribution in [0.4, 0.5) is 9.59 Å². The van der Waals surface area contributed by atoms with Crippen LogP contribution in [0.15, 0.2) is 48.5 Å². The minimum atomic E-state index is -0.844. The van der Waals surface area contributed by atoms with Crippen LogP contribution in [0.3, 0.4) is 0 Å². The van der Waals surface area contributed by atoms with Crippen molar-refractivity contribution < 1.29 is 23.9 Å². The zero-order chi connectivity index (χ0) is 24.9. The van der Waals surface area contributed by atoms with E-state index >= 15 is 0 Å². The fourth-order valence-corrected chi connectivity index (χ4v) is 4.00. The van der Waals surface area contributed by atoms with Crippen molar-refractivity contribution in [3.8, 4) is 11.1 Å². The number of carbonyl (C=O) groups is 3. The van der Waals surface area contributed by atoms with Gasteiger partial charge in [-0.05, 0) is 55.4 Å². The Morgan fingerprint density at radius 1 is 0.912 bits per heavy atom. The minimum absolute atomic E-state index is 0.0884. The number of ether oxygens (including phenoxy) is 2. The number of hydrogen-bond donors (Lipinski definition) is 3. The summed E-state index contributed by atoms with van der Waals surface area (Å²) >= 11 is 0. The molecule has 8 nitrogen and oxygen atoms in total. The van der Waals surface area contributed by atoms with Crippen molar-refractivity contribution in [1.29, 1.82) is 0 Å². The lowest BCUT2D eigenvalue weighted by atomic mass is 9.98. The lowest BCUT2D eigenvalue weighted by molar-refractivity contribution is -0.157. The molecule has 3 rings (SSSR count). The predicted octanol–water partition coefficient (Wildman–Crippen LogP) is 4.50. The Bertz CT molecular complexity index is 999. The summed E-state index contributed by atoms with van der Waals surface area (Å²) < 4.78 is 10.8. The number of hydrogen-bond acceptors (Lipinski definition) is 5.